The second-order valence-electron chi connectivity index (χ2n) is 6.20. The second-order valence-corrected chi connectivity index (χ2v) is 7.08. The Kier molecular flexibility index (Phi) is 9.58. The van der Waals surface area contributed by atoms with Crippen LogP contribution in [0.4, 0.5) is 5.69 Å². The summed E-state index contributed by atoms with van der Waals surface area (Å²) in [6.45, 7) is 10.9. The van der Waals surface area contributed by atoms with E-state index in [1.165, 1.54) is 0 Å². The number of allylic oxidation sites excluding steroid dienone is 1. The van der Waals surface area contributed by atoms with E-state index >= 15 is 0 Å². The zero-order valence-electron chi connectivity index (χ0n) is 16.5. The highest BCUT2D eigenvalue weighted by atomic mass is 32.2. The first kappa shape index (κ1) is 21.8. The molecular weight excluding hydrogens is 344 g/mol. The van der Waals surface area contributed by atoms with Crippen molar-refractivity contribution in [3.05, 3.63) is 59.6 Å². The molecule has 0 amide bonds. The van der Waals surface area contributed by atoms with Gasteiger partial charge in [0.25, 0.3) is 0 Å². The molecule has 0 aliphatic rings. The van der Waals surface area contributed by atoms with E-state index in [4.69, 9.17) is 4.42 Å². The topological polar surface area (TPSA) is 63.0 Å². The molecule has 2 aromatic rings. The number of rotatable bonds is 7. The minimum absolute atomic E-state index is 0.0310. The molecular formula is C20H30N4OS. The van der Waals surface area contributed by atoms with E-state index in [0.717, 1.165) is 16.4 Å². The summed E-state index contributed by atoms with van der Waals surface area (Å²) in [5.41, 5.74) is 0.950. The van der Waals surface area contributed by atoms with Gasteiger partial charge >= 0.3 is 0 Å². The van der Waals surface area contributed by atoms with E-state index < -0.39 is 0 Å². The summed E-state index contributed by atoms with van der Waals surface area (Å²) in [5, 5.41) is 6.46. The van der Waals surface area contributed by atoms with Gasteiger partial charge in [0.2, 0.25) is 5.89 Å². The Morgan fingerprint density at radius 3 is 2.62 bits per heavy atom. The van der Waals surface area contributed by atoms with Crippen LogP contribution in [0.5, 0.6) is 0 Å². The van der Waals surface area contributed by atoms with Crippen LogP contribution in [0.2, 0.25) is 0 Å². The minimum Gasteiger partial charge on any atom is -0.441 e. The lowest BCUT2D eigenvalue weighted by Gasteiger charge is -2.12. The summed E-state index contributed by atoms with van der Waals surface area (Å²) >= 11 is 1.65. The standard InChI is InChI=1S/C18H24N4OS.C2H6/c1-18(2,3)16-12-21-17(23-16)8-7-15(24-4)11-20-13-22-14-6-5-9-19-10-14;1-2/h5-12,20,22H,13H2,1-4H3;1-2H3/b8-7+,15-11-;. The number of hydrogen-bond donors (Lipinski definition) is 2. The molecule has 0 aromatic carbocycles. The maximum Gasteiger partial charge on any atom is 0.218 e. The van der Waals surface area contributed by atoms with Crippen molar-refractivity contribution in [2.75, 3.05) is 18.2 Å². The maximum atomic E-state index is 5.75. The molecule has 2 aromatic heterocycles. The summed E-state index contributed by atoms with van der Waals surface area (Å²) in [4.78, 5) is 9.44. The molecule has 5 nitrogen and oxygen atoms in total. The molecule has 0 saturated carbocycles. The van der Waals surface area contributed by atoms with Gasteiger partial charge in [-0.2, -0.15) is 0 Å². The number of anilines is 1. The largest absolute Gasteiger partial charge is 0.441 e. The lowest BCUT2D eigenvalue weighted by molar-refractivity contribution is 0.403. The number of nitrogens with one attached hydrogen (secondary N) is 2. The number of hydrogen-bond acceptors (Lipinski definition) is 6. The molecule has 0 saturated heterocycles. The van der Waals surface area contributed by atoms with Gasteiger partial charge in [0.1, 0.15) is 5.76 Å². The van der Waals surface area contributed by atoms with E-state index in [-0.39, 0.29) is 5.41 Å². The van der Waals surface area contributed by atoms with E-state index in [1.807, 2.05) is 50.6 Å². The van der Waals surface area contributed by atoms with Crippen molar-refractivity contribution in [1.82, 2.24) is 15.3 Å². The van der Waals surface area contributed by atoms with Crippen molar-refractivity contribution < 1.29 is 4.42 Å². The highest BCUT2D eigenvalue weighted by Gasteiger charge is 2.18. The lowest BCUT2D eigenvalue weighted by atomic mass is 9.94. The number of thioether (sulfide) groups is 1. The van der Waals surface area contributed by atoms with Crippen LogP contribution in [0.1, 0.15) is 46.3 Å². The molecule has 2 N–H and O–H groups in total. The van der Waals surface area contributed by atoms with E-state index in [0.29, 0.717) is 12.6 Å². The smallest absolute Gasteiger partial charge is 0.218 e. The number of oxazole rings is 1. The quantitative estimate of drug-likeness (QED) is 0.391. The molecule has 0 unspecified atom stereocenters. The van der Waals surface area contributed by atoms with Crippen molar-refractivity contribution in [2.24, 2.45) is 0 Å². The normalized spacial score (nSPS) is 11.8. The molecule has 0 radical (unpaired) electrons. The molecule has 0 aliphatic carbocycles. The van der Waals surface area contributed by atoms with Crippen molar-refractivity contribution in [1.29, 1.82) is 0 Å². The molecule has 142 valence electrons. The third-order valence-corrected chi connectivity index (χ3v) is 3.91. The second kappa shape index (κ2) is 11.4. The molecule has 26 heavy (non-hydrogen) atoms. The monoisotopic (exact) mass is 374 g/mol. The molecule has 2 heterocycles. The van der Waals surface area contributed by atoms with Crippen LogP contribution in [0.25, 0.3) is 6.08 Å². The summed E-state index contributed by atoms with van der Waals surface area (Å²) < 4.78 is 5.75. The van der Waals surface area contributed by atoms with Gasteiger partial charge in [-0.15, -0.1) is 11.8 Å². The van der Waals surface area contributed by atoms with Gasteiger partial charge in [0.15, 0.2) is 0 Å². The van der Waals surface area contributed by atoms with Gasteiger partial charge < -0.3 is 15.1 Å². The average molecular weight is 375 g/mol. The predicted octanol–water partition coefficient (Wildman–Crippen LogP) is 5.27. The fraction of sp³-hybridized carbons (Fsp3) is 0.400. The number of nitrogens with zero attached hydrogens (tertiary/aromatic N) is 2. The summed E-state index contributed by atoms with van der Waals surface area (Å²) in [5.74, 6) is 1.50. The Bertz CT molecular complexity index is 687. The maximum absolute atomic E-state index is 5.75. The highest BCUT2D eigenvalue weighted by molar-refractivity contribution is 8.02. The minimum atomic E-state index is -0.0310. The first-order valence-corrected chi connectivity index (χ1v) is 9.97. The van der Waals surface area contributed by atoms with Crippen molar-refractivity contribution in [3.63, 3.8) is 0 Å². The van der Waals surface area contributed by atoms with Gasteiger partial charge in [-0.25, -0.2) is 4.98 Å². The Hall–Kier alpha value is -2.21. The third kappa shape index (κ3) is 7.78. The van der Waals surface area contributed by atoms with Gasteiger partial charge in [0.05, 0.1) is 18.6 Å². The fourth-order valence-corrected chi connectivity index (χ4v) is 2.22. The average Bonchev–Trinajstić information content (AvgIpc) is 3.13. The van der Waals surface area contributed by atoms with Crippen LogP contribution in [0.3, 0.4) is 0 Å². The summed E-state index contributed by atoms with van der Waals surface area (Å²) in [6.07, 6.45) is 13.2. The Morgan fingerprint density at radius 2 is 2.04 bits per heavy atom. The van der Waals surface area contributed by atoms with Crippen LogP contribution in [0, 0.1) is 0 Å². The van der Waals surface area contributed by atoms with Crippen molar-refractivity contribution in [3.8, 4) is 0 Å². The number of aromatic nitrogens is 2. The summed E-state index contributed by atoms with van der Waals surface area (Å²) in [6, 6.07) is 3.87. The Labute approximate surface area is 161 Å². The first-order chi connectivity index (χ1) is 12.5. The van der Waals surface area contributed by atoms with E-state index in [2.05, 4.69) is 41.4 Å². The Balaban J connectivity index is 0.00000163. The predicted molar refractivity (Wildman–Crippen MR) is 113 cm³/mol. The number of pyridine rings is 1. The van der Waals surface area contributed by atoms with Crippen LogP contribution < -0.4 is 10.6 Å². The molecule has 2 rings (SSSR count). The molecule has 0 fully saturated rings. The lowest BCUT2D eigenvalue weighted by Crippen LogP contribution is -2.16. The zero-order chi connectivity index (χ0) is 19.4. The van der Waals surface area contributed by atoms with E-state index in [1.54, 1.807) is 30.4 Å². The van der Waals surface area contributed by atoms with Gasteiger partial charge in [-0.1, -0.05) is 34.6 Å². The van der Waals surface area contributed by atoms with Crippen molar-refractivity contribution in [2.45, 2.75) is 40.0 Å². The molecule has 6 heteroatoms. The first-order valence-electron chi connectivity index (χ1n) is 8.75. The molecule has 0 atom stereocenters. The summed E-state index contributed by atoms with van der Waals surface area (Å²) in [7, 11) is 0. The van der Waals surface area contributed by atoms with Gasteiger partial charge in [-0.3, -0.25) is 4.98 Å². The van der Waals surface area contributed by atoms with Crippen LogP contribution in [0.15, 0.2) is 52.3 Å². The molecule has 0 bridgehead atoms. The van der Waals surface area contributed by atoms with Gasteiger partial charge in [0, 0.05) is 35.0 Å². The van der Waals surface area contributed by atoms with Crippen LogP contribution >= 0.6 is 11.8 Å². The Morgan fingerprint density at radius 1 is 1.27 bits per heavy atom. The SMILES string of the molecule is CC.CSC(=C\NCNc1cccnc1)/C=C/c1ncc(C(C)(C)C)o1. The third-order valence-electron chi connectivity index (χ3n) is 3.19. The van der Waals surface area contributed by atoms with Gasteiger partial charge in [-0.05, 0) is 24.5 Å². The molecule has 0 spiro atoms. The fourth-order valence-electron chi connectivity index (χ4n) is 1.81. The van der Waals surface area contributed by atoms with E-state index in [9.17, 15) is 0 Å². The van der Waals surface area contributed by atoms with Crippen LogP contribution in [-0.2, 0) is 5.41 Å². The molecule has 0 aliphatic heterocycles. The van der Waals surface area contributed by atoms with Crippen molar-refractivity contribution >= 4 is 23.5 Å². The van der Waals surface area contributed by atoms with Crippen LogP contribution in [-0.4, -0.2) is 22.9 Å². The highest BCUT2D eigenvalue weighted by Crippen LogP contribution is 2.23. The zero-order valence-corrected chi connectivity index (χ0v) is 17.4.